The second-order valence-corrected chi connectivity index (χ2v) is 6.14. The van der Waals surface area contributed by atoms with Crippen molar-refractivity contribution in [2.45, 2.75) is 13.0 Å². The number of para-hydroxylation sites is 1. The van der Waals surface area contributed by atoms with E-state index in [2.05, 4.69) is 15.3 Å². The number of ether oxygens (including phenoxy) is 1. The first-order valence-corrected chi connectivity index (χ1v) is 8.01. The molecule has 7 heteroatoms. The van der Waals surface area contributed by atoms with Gasteiger partial charge in [0.25, 0.3) is 0 Å². The number of hydrogen-bond acceptors (Lipinski definition) is 5. The smallest absolute Gasteiger partial charge is 0.355 e. The van der Waals surface area contributed by atoms with Gasteiger partial charge in [-0.25, -0.2) is 14.3 Å². The zero-order valence-corrected chi connectivity index (χ0v) is 13.7. The van der Waals surface area contributed by atoms with Gasteiger partial charge in [-0.1, -0.05) is 23.7 Å². The molecule has 1 aromatic carbocycles. The molecular formula is C17H15ClN4O2. The van der Waals surface area contributed by atoms with Crippen LogP contribution in [0.4, 0.5) is 5.82 Å². The minimum atomic E-state index is -0.420. The maximum Gasteiger partial charge on any atom is 0.355 e. The molecule has 0 atom stereocenters. The van der Waals surface area contributed by atoms with E-state index in [-0.39, 0.29) is 6.04 Å². The standard InChI is InChI=1S/C17H15ClN4O2/c1-10-6-7-12-15(20-11-8-24-9-11)21-17(23)22(16(12)19-10)14-5-3-2-4-13(14)18/h2-7,11H,8-9H2,1H3,(H,20,21,23). The number of aryl methyl sites for hydroxylation is 1. The highest BCUT2D eigenvalue weighted by Gasteiger charge is 2.21. The lowest BCUT2D eigenvalue weighted by Crippen LogP contribution is -2.41. The molecule has 4 rings (SSSR count). The maximum absolute atomic E-state index is 12.7. The molecule has 1 fully saturated rings. The fourth-order valence-corrected chi connectivity index (χ4v) is 2.89. The van der Waals surface area contributed by atoms with E-state index < -0.39 is 5.69 Å². The maximum atomic E-state index is 12.7. The molecule has 122 valence electrons. The highest BCUT2D eigenvalue weighted by atomic mass is 35.5. The Kier molecular flexibility index (Phi) is 3.70. The molecule has 1 aliphatic heterocycles. The largest absolute Gasteiger partial charge is 0.377 e. The molecule has 3 heterocycles. The van der Waals surface area contributed by atoms with Gasteiger partial charge in [-0.2, -0.15) is 4.98 Å². The van der Waals surface area contributed by atoms with Crippen LogP contribution >= 0.6 is 11.6 Å². The molecule has 0 amide bonds. The number of nitrogens with one attached hydrogen (secondary N) is 1. The Bertz CT molecular complexity index is 982. The van der Waals surface area contributed by atoms with E-state index in [1.807, 2.05) is 31.2 Å². The molecule has 0 unspecified atom stereocenters. The van der Waals surface area contributed by atoms with E-state index in [9.17, 15) is 4.79 Å². The lowest BCUT2D eigenvalue weighted by Gasteiger charge is -2.27. The van der Waals surface area contributed by atoms with Crippen molar-refractivity contribution < 1.29 is 4.74 Å². The van der Waals surface area contributed by atoms with Gasteiger partial charge in [-0.3, -0.25) is 0 Å². The van der Waals surface area contributed by atoms with Crippen molar-refractivity contribution in [1.29, 1.82) is 0 Å². The monoisotopic (exact) mass is 342 g/mol. The molecule has 1 saturated heterocycles. The third-order valence-electron chi connectivity index (χ3n) is 3.95. The minimum Gasteiger partial charge on any atom is -0.377 e. The number of hydrogen-bond donors (Lipinski definition) is 1. The molecule has 6 nitrogen and oxygen atoms in total. The molecule has 24 heavy (non-hydrogen) atoms. The SMILES string of the molecule is Cc1ccc2c(NC3COC3)nc(=O)n(-c3ccccc3Cl)c2n1. The van der Waals surface area contributed by atoms with Gasteiger partial charge in [-0.15, -0.1) is 0 Å². The summed E-state index contributed by atoms with van der Waals surface area (Å²) in [7, 11) is 0. The normalized spacial score (nSPS) is 14.6. The van der Waals surface area contributed by atoms with Crippen molar-refractivity contribution in [2.24, 2.45) is 0 Å². The number of fused-ring (bicyclic) bond motifs is 1. The number of halogens is 1. The zero-order chi connectivity index (χ0) is 16.7. The van der Waals surface area contributed by atoms with Crippen LogP contribution in [0.1, 0.15) is 5.69 Å². The van der Waals surface area contributed by atoms with Crippen LogP contribution in [0.5, 0.6) is 0 Å². The molecule has 1 N–H and O–H groups in total. The number of rotatable bonds is 3. The van der Waals surface area contributed by atoms with Crippen LogP contribution in [0, 0.1) is 6.92 Å². The van der Waals surface area contributed by atoms with E-state index in [0.29, 0.717) is 35.4 Å². The number of anilines is 1. The lowest BCUT2D eigenvalue weighted by atomic mass is 10.2. The molecular weight excluding hydrogens is 328 g/mol. The van der Waals surface area contributed by atoms with E-state index in [4.69, 9.17) is 16.3 Å². The molecule has 2 aromatic heterocycles. The number of pyridine rings is 1. The van der Waals surface area contributed by atoms with Gasteiger partial charge in [-0.05, 0) is 31.2 Å². The molecule has 1 aliphatic rings. The number of nitrogens with zero attached hydrogens (tertiary/aromatic N) is 3. The van der Waals surface area contributed by atoms with Gasteiger partial charge >= 0.3 is 5.69 Å². The summed E-state index contributed by atoms with van der Waals surface area (Å²) in [6.07, 6.45) is 0. The zero-order valence-electron chi connectivity index (χ0n) is 13.0. The molecule has 0 spiro atoms. The number of aromatic nitrogens is 3. The summed E-state index contributed by atoms with van der Waals surface area (Å²) in [5.41, 5.74) is 1.49. The second kappa shape index (κ2) is 5.89. The highest BCUT2D eigenvalue weighted by Crippen LogP contribution is 2.25. The fraction of sp³-hybridized carbons (Fsp3) is 0.235. The van der Waals surface area contributed by atoms with Crippen LogP contribution in [0.2, 0.25) is 5.02 Å². The van der Waals surface area contributed by atoms with Crippen LogP contribution in [-0.2, 0) is 4.74 Å². The molecule has 0 radical (unpaired) electrons. The van der Waals surface area contributed by atoms with Gasteiger partial charge in [0, 0.05) is 5.69 Å². The van der Waals surface area contributed by atoms with Crippen LogP contribution in [-0.4, -0.2) is 33.8 Å². The topological polar surface area (TPSA) is 69.0 Å². The third kappa shape index (κ3) is 2.53. The first-order valence-electron chi connectivity index (χ1n) is 7.63. The van der Waals surface area contributed by atoms with Crippen molar-refractivity contribution in [2.75, 3.05) is 18.5 Å². The Hall–Kier alpha value is -2.44. The van der Waals surface area contributed by atoms with E-state index in [1.165, 1.54) is 4.57 Å². The summed E-state index contributed by atoms with van der Waals surface area (Å²) >= 11 is 6.28. The van der Waals surface area contributed by atoms with Crippen LogP contribution in [0.25, 0.3) is 16.7 Å². The van der Waals surface area contributed by atoms with E-state index in [0.717, 1.165) is 11.1 Å². The quantitative estimate of drug-likeness (QED) is 0.792. The third-order valence-corrected chi connectivity index (χ3v) is 4.27. The van der Waals surface area contributed by atoms with Crippen molar-refractivity contribution in [3.63, 3.8) is 0 Å². The van der Waals surface area contributed by atoms with Crippen molar-refractivity contribution in [1.82, 2.24) is 14.5 Å². The second-order valence-electron chi connectivity index (χ2n) is 5.73. The minimum absolute atomic E-state index is 0.164. The van der Waals surface area contributed by atoms with E-state index in [1.54, 1.807) is 12.1 Å². The molecule has 0 bridgehead atoms. The Morgan fingerprint density at radius 3 is 2.71 bits per heavy atom. The summed E-state index contributed by atoms with van der Waals surface area (Å²) in [5, 5.41) is 4.49. The number of benzene rings is 1. The molecule has 0 aliphatic carbocycles. The average Bonchev–Trinajstić information content (AvgIpc) is 2.52. The Morgan fingerprint density at radius 1 is 1.21 bits per heavy atom. The van der Waals surface area contributed by atoms with Gasteiger partial charge in [0.1, 0.15) is 5.82 Å². The Morgan fingerprint density at radius 2 is 2.00 bits per heavy atom. The van der Waals surface area contributed by atoms with Crippen LogP contribution in [0.3, 0.4) is 0 Å². The summed E-state index contributed by atoms with van der Waals surface area (Å²) in [5.74, 6) is 0.527. The molecule has 0 saturated carbocycles. The summed E-state index contributed by atoms with van der Waals surface area (Å²) in [4.78, 5) is 21.5. The first kappa shape index (κ1) is 15.1. The predicted molar refractivity (Wildman–Crippen MR) is 93.1 cm³/mol. The van der Waals surface area contributed by atoms with Gasteiger partial charge in [0.2, 0.25) is 0 Å². The summed E-state index contributed by atoms with van der Waals surface area (Å²) < 4.78 is 6.62. The summed E-state index contributed by atoms with van der Waals surface area (Å²) in [6.45, 7) is 3.10. The average molecular weight is 343 g/mol. The van der Waals surface area contributed by atoms with Crippen molar-refractivity contribution in [3.8, 4) is 5.69 Å². The molecule has 3 aromatic rings. The Balaban J connectivity index is 1.99. The van der Waals surface area contributed by atoms with E-state index >= 15 is 0 Å². The van der Waals surface area contributed by atoms with Gasteiger partial charge in [0.15, 0.2) is 5.65 Å². The first-order chi connectivity index (χ1) is 11.6. The van der Waals surface area contributed by atoms with Crippen molar-refractivity contribution in [3.05, 3.63) is 57.6 Å². The lowest BCUT2D eigenvalue weighted by molar-refractivity contribution is 0.0210. The highest BCUT2D eigenvalue weighted by molar-refractivity contribution is 6.32. The van der Waals surface area contributed by atoms with Gasteiger partial charge < -0.3 is 10.1 Å². The van der Waals surface area contributed by atoms with Crippen LogP contribution in [0.15, 0.2) is 41.2 Å². The predicted octanol–water partition coefficient (Wildman–Crippen LogP) is 2.55. The Labute approximate surface area is 143 Å². The summed E-state index contributed by atoms with van der Waals surface area (Å²) in [6, 6.07) is 11.1. The fourth-order valence-electron chi connectivity index (χ4n) is 2.67. The van der Waals surface area contributed by atoms with Crippen molar-refractivity contribution >= 4 is 28.5 Å². The van der Waals surface area contributed by atoms with Gasteiger partial charge in [0.05, 0.1) is 35.4 Å². The van der Waals surface area contributed by atoms with Crippen LogP contribution < -0.4 is 11.0 Å².